The van der Waals surface area contributed by atoms with E-state index < -0.39 is 9.84 Å². The summed E-state index contributed by atoms with van der Waals surface area (Å²) in [5, 5.41) is 5.01. The van der Waals surface area contributed by atoms with Gasteiger partial charge >= 0.3 is 0 Å². The summed E-state index contributed by atoms with van der Waals surface area (Å²) in [6.07, 6.45) is 2.36. The van der Waals surface area contributed by atoms with Crippen LogP contribution in [0.4, 0.5) is 0 Å². The first-order valence-electron chi connectivity index (χ1n) is 6.20. The van der Waals surface area contributed by atoms with Crippen LogP contribution in [-0.2, 0) is 29.2 Å². The van der Waals surface area contributed by atoms with E-state index >= 15 is 0 Å². The number of rotatable bonds is 7. The summed E-state index contributed by atoms with van der Waals surface area (Å²) in [7, 11) is -3.10. The quantitative estimate of drug-likeness (QED) is 0.567. The standard InChI is InChI=1S/C11H21ClN4O2S/c1-4-9-11(12)10(16(5-2)15-9)6-8(14-13)7-19(3,17)18/h8,14H,4-7,13H2,1-3H3. The third-order valence-corrected chi connectivity index (χ3v) is 4.32. The molecular weight excluding hydrogens is 288 g/mol. The molecule has 1 unspecified atom stereocenters. The number of aromatic nitrogens is 2. The molecule has 0 amide bonds. The van der Waals surface area contributed by atoms with Gasteiger partial charge in [-0.3, -0.25) is 16.0 Å². The molecule has 0 saturated heterocycles. The van der Waals surface area contributed by atoms with Crippen molar-refractivity contribution < 1.29 is 8.42 Å². The Labute approximate surface area is 119 Å². The van der Waals surface area contributed by atoms with Crippen LogP contribution in [0.15, 0.2) is 0 Å². The minimum atomic E-state index is -3.10. The lowest BCUT2D eigenvalue weighted by atomic mass is 10.1. The van der Waals surface area contributed by atoms with Crippen LogP contribution in [0.2, 0.25) is 5.02 Å². The fourth-order valence-electron chi connectivity index (χ4n) is 1.98. The second-order valence-corrected chi connectivity index (χ2v) is 7.10. The molecule has 8 heteroatoms. The van der Waals surface area contributed by atoms with Gasteiger partial charge in [-0.25, -0.2) is 8.42 Å². The van der Waals surface area contributed by atoms with Gasteiger partial charge in [0.1, 0.15) is 9.84 Å². The fourth-order valence-corrected chi connectivity index (χ4v) is 3.27. The fraction of sp³-hybridized carbons (Fsp3) is 0.727. The van der Waals surface area contributed by atoms with Crippen molar-refractivity contribution in [1.29, 1.82) is 0 Å². The van der Waals surface area contributed by atoms with E-state index in [1.165, 1.54) is 6.26 Å². The molecule has 0 fully saturated rings. The molecule has 6 nitrogen and oxygen atoms in total. The Morgan fingerprint density at radius 3 is 2.53 bits per heavy atom. The Kier molecular flexibility index (Phi) is 5.79. The number of hydrogen-bond acceptors (Lipinski definition) is 5. The Morgan fingerprint density at radius 2 is 2.11 bits per heavy atom. The highest BCUT2D eigenvalue weighted by Gasteiger charge is 2.21. The highest BCUT2D eigenvalue weighted by Crippen LogP contribution is 2.23. The monoisotopic (exact) mass is 308 g/mol. The molecule has 1 heterocycles. The van der Waals surface area contributed by atoms with Crippen molar-refractivity contribution >= 4 is 21.4 Å². The highest BCUT2D eigenvalue weighted by molar-refractivity contribution is 7.90. The molecule has 3 N–H and O–H groups in total. The van der Waals surface area contributed by atoms with Crippen LogP contribution in [0.5, 0.6) is 0 Å². The normalized spacial score (nSPS) is 13.7. The molecule has 19 heavy (non-hydrogen) atoms. The zero-order chi connectivity index (χ0) is 14.6. The van der Waals surface area contributed by atoms with E-state index in [1.54, 1.807) is 4.68 Å². The maximum absolute atomic E-state index is 11.3. The topological polar surface area (TPSA) is 90.0 Å². The van der Waals surface area contributed by atoms with Gasteiger partial charge in [-0.1, -0.05) is 18.5 Å². The molecule has 0 spiro atoms. The van der Waals surface area contributed by atoms with Gasteiger partial charge in [-0.15, -0.1) is 0 Å². The third-order valence-electron chi connectivity index (χ3n) is 2.87. The average molecular weight is 309 g/mol. The minimum absolute atomic E-state index is 0.0316. The van der Waals surface area contributed by atoms with Crippen LogP contribution in [0.3, 0.4) is 0 Å². The highest BCUT2D eigenvalue weighted by atomic mass is 35.5. The van der Waals surface area contributed by atoms with Crippen molar-refractivity contribution in [2.24, 2.45) is 5.84 Å². The van der Waals surface area contributed by atoms with Crippen LogP contribution in [0.25, 0.3) is 0 Å². The Bertz CT molecular complexity index is 527. The van der Waals surface area contributed by atoms with Crippen molar-refractivity contribution in [3.05, 3.63) is 16.4 Å². The summed E-state index contributed by atoms with van der Waals surface area (Å²) in [6.45, 7) is 4.63. The van der Waals surface area contributed by atoms with Crippen molar-refractivity contribution in [1.82, 2.24) is 15.2 Å². The van der Waals surface area contributed by atoms with Gasteiger partial charge in [0.05, 0.1) is 22.2 Å². The van der Waals surface area contributed by atoms with Gasteiger partial charge < -0.3 is 0 Å². The molecule has 1 aromatic rings. The summed E-state index contributed by atoms with van der Waals surface area (Å²) in [4.78, 5) is 0. The SMILES string of the molecule is CCc1nn(CC)c(CC(CS(C)(=O)=O)NN)c1Cl. The average Bonchev–Trinajstić information content (AvgIpc) is 2.63. The first kappa shape index (κ1) is 16.4. The van der Waals surface area contributed by atoms with Gasteiger partial charge in [-0.05, 0) is 13.3 Å². The lowest BCUT2D eigenvalue weighted by Crippen LogP contribution is -2.42. The molecule has 0 aliphatic heterocycles. The van der Waals surface area contributed by atoms with Crippen molar-refractivity contribution in [3.63, 3.8) is 0 Å². The molecule has 0 bridgehead atoms. The van der Waals surface area contributed by atoms with Crippen LogP contribution in [0, 0.1) is 0 Å². The Balaban J connectivity index is 2.99. The molecule has 0 aliphatic rings. The Morgan fingerprint density at radius 1 is 1.47 bits per heavy atom. The molecule has 0 aliphatic carbocycles. The number of nitrogens with two attached hydrogens (primary N) is 1. The number of sulfone groups is 1. The predicted molar refractivity (Wildman–Crippen MR) is 76.8 cm³/mol. The zero-order valence-corrected chi connectivity index (χ0v) is 13.1. The number of hydrazine groups is 1. The Hall–Kier alpha value is -0.630. The van der Waals surface area contributed by atoms with Crippen LogP contribution < -0.4 is 11.3 Å². The van der Waals surface area contributed by atoms with E-state index in [-0.39, 0.29) is 11.8 Å². The van der Waals surface area contributed by atoms with E-state index in [1.807, 2.05) is 13.8 Å². The first-order valence-corrected chi connectivity index (χ1v) is 8.64. The zero-order valence-electron chi connectivity index (χ0n) is 11.5. The first-order chi connectivity index (χ1) is 8.82. The summed E-state index contributed by atoms with van der Waals surface area (Å²) in [5.74, 6) is 5.39. The van der Waals surface area contributed by atoms with E-state index in [4.69, 9.17) is 17.4 Å². The minimum Gasteiger partial charge on any atom is -0.271 e. The maximum Gasteiger partial charge on any atom is 0.149 e. The van der Waals surface area contributed by atoms with Gasteiger partial charge in [0.25, 0.3) is 0 Å². The van der Waals surface area contributed by atoms with Crippen LogP contribution in [0.1, 0.15) is 25.2 Å². The molecule has 110 valence electrons. The molecule has 1 rings (SSSR count). The van der Waals surface area contributed by atoms with Crippen molar-refractivity contribution in [3.8, 4) is 0 Å². The maximum atomic E-state index is 11.3. The molecule has 1 aromatic heterocycles. The lowest BCUT2D eigenvalue weighted by Gasteiger charge is -2.15. The molecular formula is C11H21ClN4O2S. The second-order valence-electron chi connectivity index (χ2n) is 4.54. The van der Waals surface area contributed by atoms with Crippen molar-refractivity contribution in [2.45, 2.75) is 39.3 Å². The van der Waals surface area contributed by atoms with E-state index in [9.17, 15) is 8.42 Å². The molecule has 0 radical (unpaired) electrons. The summed E-state index contributed by atoms with van der Waals surface area (Å²) in [5.41, 5.74) is 4.19. The van der Waals surface area contributed by atoms with E-state index in [2.05, 4.69) is 10.5 Å². The number of nitrogens with one attached hydrogen (secondary N) is 1. The van der Waals surface area contributed by atoms with Gasteiger partial charge in [0.15, 0.2) is 0 Å². The van der Waals surface area contributed by atoms with Crippen molar-refractivity contribution in [2.75, 3.05) is 12.0 Å². The summed E-state index contributed by atoms with van der Waals surface area (Å²) < 4.78 is 24.5. The van der Waals surface area contributed by atoms with E-state index in [0.717, 1.165) is 17.8 Å². The van der Waals surface area contributed by atoms with Gasteiger partial charge in [-0.2, -0.15) is 5.10 Å². The summed E-state index contributed by atoms with van der Waals surface area (Å²) >= 11 is 6.28. The molecule has 0 saturated carbocycles. The number of halogens is 1. The summed E-state index contributed by atoms with van der Waals surface area (Å²) in [6, 6.07) is -0.376. The van der Waals surface area contributed by atoms with Gasteiger partial charge in [0, 0.05) is 25.3 Å². The predicted octanol–water partition coefficient (Wildman–Crippen LogP) is 0.538. The molecule has 1 atom stereocenters. The smallest absolute Gasteiger partial charge is 0.149 e. The van der Waals surface area contributed by atoms with Crippen LogP contribution in [-0.4, -0.2) is 36.2 Å². The number of nitrogens with zero attached hydrogens (tertiary/aromatic N) is 2. The number of hydrogen-bond donors (Lipinski definition) is 2. The lowest BCUT2D eigenvalue weighted by molar-refractivity contribution is 0.519. The molecule has 0 aromatic carbocycles. The van der Waals surface area contributed by atoms with E-state index in [0.29, 0.717) is 18.0 Å². The largest absolute Gasteiger partial charge is 0.271 e. The van der Waals surface area contributed by atoms with Gasteiger partial charge in [0.2, 0.25) is 0 Å². The van der Waals surface area contributed by atoms with Crippen LogP contribution >= 0.6 is 11.6 Å². The third kappa shape index (κ3) is 4.45. The second kappa shape index (κ2) is 6.69. The number of aryl methyl sites for hydroxylation is 2.